The van der Waals surface area contributed by atoms with E-state index in [0.29, 0.717) is 10.7 Å². The topological polar surface area (TPSA) is 50.8 Å². The number of ether oxygens (including phenoxy) is 2. The molecule has 1 aromatic heterocycles. The molecule has 0 unspecified atom stereocenters. The van der Waals surface area contributed by atoms with Crippen LogP contribution in [0.1, 0.15) is 34.6 Å². The Morgan fingerprint density at radius 1 is 1.30 bits per heavy atom. The van der Waals surface area contributed by atoms with Gasteiger partial charge in [0.25, 0.3) is 0 Å². The number of methoxy groups -OCH3 is 1. The number of hydrogen-bond donors (Lipinski definition) is 1. The summed E-state index contributed by atoms with van der Waals surface area (Å²) in [5, 5.41) is 4.60. The molecule has 3 rings (SSSR count). The molecule has 1 aliphatic heterocycles. The Morgan fingerprint density at radius 2 is 1.96 bits per heavy atom. The summed E-state index contributed by atoms with van der Waals surface area (Å²) in [6.07, 6.45) is 0.992. The third-order valence-electron chi connectivity index (χ3n) is 4.34. The van der Waals surface area contributed by atoms with Crippen LogP contribution in [0.15, 0.2) is 36.4 Å². The number of thiocarbonyl (C=S) groups is 1. The maximum Gasteiger partial charge on any atom is 0.340 e. The van der Waals surface area contributed by atoms with Crippen LogP contribution >= 0.6 is 23.6 Å². The van der Waals surface area contributed by atoms with Gasteiger partial charge in [-0.25, -0.2) is 4.79 Å². The highest BCUT2D eigenvalue weighted by Gasteiger charge is 2.25. The lowest BCUT2D eigenvalue weighted by Crippen LogP contribution is -2.49. The molecule has 0 spiro atoms. The molecule has 1 fully saturated rings. The Bertz CT molecular complexity index is 797. The summed E-state index contributed by atoms with van der Waals surface area (Å²) in [6, 6.07) is 12.1. The van der Waals surface area contributed by atoms with Gasteiger partial charge in [0, 0.05) is 24.4 Å². The normalized spacial score (nSPS) is 19.6. The fraction of sp³-hybridized carbons (Fsp3) is 0.400. The second-order valence-corrected chi connectivity index (χ2v) is 8.23. The van der Waals surface area contributed by atoms with E-state index in [-0.39, 0.29) is 18.2 Å². The minimum absolute atomic E-state index is 0.116. The van der Waals surface area contributed by atoms with Gasteiger partial charge in [0.1, 0.15) is 5.00 Å². The van der Waals surface area contributed by atoms with Crippen molar-refractivity contribution in [1.29, 1.82) is 0 Å². The van der Waals surface area contributed by atoms with E-state index < -0.39 is 0 Å². The molecule has 0 saturated carbocycles. The minimum Gasteiger partial charge on any atom is -0.465 e. The second kappa shape index (κ2) is 8.82. The molecule has 27 heavy (non-hydrogen) atoms. The summed E-state index contributed by atoms with van der Waals surface area (Å²) in [4.78, 5) is 15.4. The third-order valence-corrected chi connectivity index (χ3v) is 5.75. The summed E-state index contributed by atoms with van der Waals surface area (Å²) in [5.74, 6) is -0.362. The van der Waals surface area contributed by atoms with Gasteiger partial charge < -0.3 is 19.7 Å². The lowest BCUT2D eigenvalue weighted by molar-refractivity contribution is -0.0473. The van der Waals surface area contributed by atoms with Crippen LogP contribution in [-0.4, -0.2) is 48.4 Å². The van der Waals surface area contributed by atoms with Crippen LogP contribution in [0.4, 0.5) is 5.00 Å². The fourth-order valence-electron chi connectivity index (χ4n) is 3.20. The Hall–Kier alpha value is -1.96. The van der Waals surface area contributed by atoms with Crippen molar-refractivity contribution in [3.8, 4) is 0 Å². The zero-order valence-corrected chi connectivity index (χ0v) is 17.4. The highest BCUT2D eigenvalue weighted by atomic mass is 32.1. The number of nitrogens with zero attached hydrogens (tertiary/aromatic N) is 1. The molecule has 1 saturated heterocycles. The van der Waals surface area contributed by atoms with Crippen LogP contribution in [-0.2, 0) is 15.9 Å². The van der Waals surface area contributed by atoms with Crippen molar-refractivity contribution < 1.29 is 14.3 Å². The van der Waals surface area contributed by atoms with Crippen molar-refractivity contribution in [2.45, 2.75) is 32.5 Å². The van der Waals surface area contributed by atoms with E-state index in [1.165, 1.54) is 24.0 Å². The number of benzene rings is 1. The molecule has 1 aromatic carbocycles. The van der Waals surface area contributed by atoms with Gasteiger partial charge in [0.15, 0.2) is 5.11 Å². The van der Waals surface area contributed by atoms with Gasteiger partial charge in [-0.15, -0.1) is 11.3 Å². The Kier molecular flexibility index (Phi) is 6.46. The van der Waals surface area contributed by atoms with E-state index in [0.717, 1.165) is 29.4 Å². The largest absolute Gasteiger partial charge is 0.465 e. The molecule has 0 bridgehead atoms. The fourth-order valence-corrected chi connectivity index (χ4v) is 4.59. The Labute approximate surface area is 169 Å². The molecule has 0 radical (unpaired) electrons. The van der Waals surface area contributed by atoms with Gasteiger partial charge in [-0.3, -0.25) is 0 Å². The smallest absolute Gasteiger partial charge is 0.340 e. The molecule has 2 aromatic rings. The number of morpholine rings is 1. The van der Waals surface area contributed by atoms with Gasteiger partial charge >= 0.3 is 5.97 Å². The molecule has 2 atom stereocenters. The van der Waals surface area contributed by atoms with Gasteiger partial charge in [-0.05, 0) is 37.7 Å². The lowest BCUT2D eigenvalue weighted by Gasteiger charge is -2.36. The van der Waals surface area contributed by atoms with Crippen molar-refractivity contribution in [2.75, 3.05) is 25.5 Å². The van der Waals surface area contributed by atoms with Gasteiger partial charge in [-0.2, -0.15) is 0 Å². The number of rotatable bonds is 4. The maximum atomic E-state index is 12.2. The van der Waals surface area contributed by atoms with E-state index in [9.17, 15) is 4.79 Å². The number of hydrogen-bond acceptors (Lipinski definition) is 5. The molecule has 7 heteroatoms. The van der Waals surface area contributed by atoms with E-state index in [1.54, 1.807) is 0 Å². The van der Waals surface area contributed by atoms with Crippen molar-refractivity contribution in [2.24, 2.45) is 0 Å². The number of thiophene rings is 1. The van der Waals surface area contributed by atoms with Crippen LogP contribution in [0.3, 0.4) is 0 Å². The van der Waals surface area contributed by atoms with E-state index >= 15 is 0 Å². The highest BCUT2D eigenvalue weighted by molar-refractivity contribution is 7.80. The summed E-state index contributed by atoms with van der Waals surface area (Å²) in [6.45, 7) is 5.53. The Balaban J connectivity index is 1.78. The van der Waals surface area contributed by atoms with Crippen LogP contribution in [0.5, 0.6) is 0 Å². The maximum absolute atomic E-state index is 12.2. The molecule has 5 nitrogen and oxygen atoms in total. The van der Waals surface area contributed by atoms with Crippen LogP contribution in [0.25, 0.3) is 0 Å². The average molecular weight is 405 g/mol. The van der Waals surface area contributed by atoms with Crippen molar-refractivity contribution >= 4 is 39.6 Å². The zero-order chi connectivity index (χ0) is 19.4. The SMILES string of the molecule is COC(=O)c1cc(Cc2ccccc2)sc1NC(=S)N1C[C@H](C)O[C@@H](C)C1. The van der Waals surface area contributed by atoms with E-state index in [1.807, 2.05) is 38.1 Å². The predicted octanol–water partition coefficient (Wildman–Crippen LogP) is 3.93. The number of nitrogens with one attached hydrogen (secondary N) is 1. The monoisotopic (exact) mass is 404 g/mol. The number of anilines is 1. The average Bonchev–Trinajstić information content (AvgIpc) is 3.03. The number of carbonyl (C=O) groups excluding carboxylic acids is 1. The first-order valence-corrected chi connectivity index (χ1v) is 10.1. The van der Waals surface area contributed by atoms with Crippen molar-refractivity contribution in [3.63, 3.8) is 0 Å². The van der Waals surface area contributed by atoms with Crippen LogP contribution in [0, 0.1) is 0 Å². The zero-order valence-electron chi connectivity index (χ0n) is 15.7. The standard InChI is InChI=1S/C20H24N2O3S2/c1-13-11-22(12-14(2)25-13)20(26)21-18-17(19(23)24-3)10-16(27-18)9-15-7-5-4-6-8-15/h4-8,10,13-14H,9,11-12H2,1-3H3,(H,21,26)/t13-,14-/m0/s1. The highest BCUT2D eigenvalue weighted by Crippen LogP contribution is 2.31. The lowest BCUT2D eigenvalue weighted by atomic mass is 10.1. The van der Waals surface area contributed by atoms with E-state index in [2.05, 4.69) is 22.3 Å². The van der Waals surface area contributed by atoms with Gasteiger partial charge in [-0.1, -0.05) is 30.3 Å². The summed E-state index contributed by atoms with van der Waals surface area (Å²) >= 11 is 7.13. The summed E-state index contributed by atoms with van der Waals surface area (Å²) < 4.78 is 10.7. The predicted molar refractivity (Wildman–Crippen MR) is 113 cm³/mol. The molecule has 144 valence electrons. The van der Waals surface area contributed by atoms with Crippen molar-refractivity contribution in [3.05, 3.63) is 52.4 Å². The molecule has 0 aliphatic carbocycles. The van der Waals surface area contributed by atoms with Crippen LogP contribution < -0.4 is 5.32 Å². The first-order valence-electron chi connectivity index (χ1n) is 8.92. The second-order valence-electron chi connectivity index (χ2n) is 6.70. The first kappa shape index (κ1) is 19.8. The summed E-state index contributed by atoms with van der Waals surface area (Å²) in [7, 11) is 1.39. The van der Waals surface area contributed by atoms with Gasteiger partial charge in [0.05, 0.1) is 24.9 Å². The van der Waals surface area contributed by atoms with E-state index in [4.69, 9.17) is 21.7 Å². The number of esters is 1. The molecular formula is C20H24N2O3S2. The molecular weight excluding hydrogens is 380 g/mol. The molecule has 1 aliphatic rings. The molecule has 2 heterocycles. The Morgan fingerprint density at radius 3 is 2.59 bits per heavy atom. The molecule has 1 N–H and O–H groups in total. The molecule has 0 amide bonds. The third kappa shape index (κ3) is 5.06. The number of carbonyl (C=O) groups is 1. The minimum atomic E-state index is -0.362. The quantitative estimate of drug-likeness (QED) is 0.616. The first-order chi connectivity index (χ1) is 13.0. The van der Waals surface area contributed by atoms with Gasteiger partial charge in [0.2, 0.25) is 0 Å². The van der Waals surface area contributed by atoms with Crippen LogP contribution in [0.2, 0.25) is 0 Å². The van der Waals surface area contributed by atoms with Crippen molar-refractivity contribution in [1.82, 2.24) is 4.90 Å². The summed E-state index contributed by atoms with van der Waals surface area (Å²) in [5.41, 5.74) is 1.71.